The highest BCUT2D eigenvalue weighted by atomic mass is 35.5. The van der Waals surface area contributed by atoms with Crippen molar-refractivity contribution < 1.29 is 39.5 Å². The van der Waals surface area contributed by atoms with Crippen LogP contribution in [0.2, 0.25) is 5.02 Å². The molecule has 3 rings (SSSR count). The number of hydrogen-bond donors (Lipinski definition) is 2. The fourth-order valence-electron chi connectivity index (χ4n) is 3.91. The summed E-state index contributed by atoms with van der Waals surface area (Å²) in [4.78, 5) is 14.5. The Morgan fingerprint density at radius 3 is 2.49 bits per heavy atom. The van der Waals surface area contributed by atoms with Crippen molar-refractivity contribution in [3.8, 4) is 5.75 Å². The van der Waals surface area contributed by atoms with Crippen molar-refractivity contribution in [1.29, 1.82) is 0 Å². The molecule has 2 aromatic carbocycles. The van der Waals surface area contributed by atoms with Gasteiger partial charge in [-0.2, -0.15) is 0 Å². The second kappa shape index (κ2) is 11.1. The second-order valence-corrected chi connectivity index (χ2v) is 12.9. The van der Waals surface area contributed by atoms with Gasteiger partial charge in [0.05, 0.1) is 16.9 Å². The third kappa shape index (κ3) is 8.22. The number of alkyl halides is 3. The molecule has 1 amide bonds. The Bertz CT molecular complexity index is 1380. The lowest BCUT2D eigenvalue weighted by Crippen LogP contribution is -2.36. The molecule has 2 aromatic rings. The summed E-state index contributed by atoms with van der Waals surface area (Å²) in [6.45, 7) is 1.71. The summed E-state index contributed by atoms with van der Waals surface area (Å²) in [7, 11) is -7.12. The van der Waals surface area contributed by atoms with Gasteiger partial charge in [-0.25, -0.2) is 21.6 Å². The monoisotopic (exact) mass is 583 g/mol. The number of sulfone groups is 1. The number of sulfonamides is 1. The first-order chi connectivity index (χ1) is 17.1. The van der Waals surface area contributed by atoms with Gasteiger partial charge in [0.25, 0.3) is 5.91 Å². The first-order valence-electron chi connectivity index (χ1n) is 11.0. The summed E-state index contributed by atoms with van der Waals surface area (Å²) in [6, 6.07) is 7.03. The lowest BCUT2D eigenvalue weighted by atomic mass is 10.1. The number of halogens is 4. The molecule has 1 heterocycles. The maximum atomic E-state index is 12.9. The van der Waals surface area contributed by atoms with Crippen molar-refractivity contribution in [2.45, 2.75) is 37.2 Å². The quantitative estimate of drug-likeness (QED) is 0.465. The van der Waals surface area contributed by atoms with Gasteiger partial charge >= 0.3 is 6.36 Å². The molecule has 1 saturated heterocycles. The number of nitrogens with zero attached hydrogens (tertiary/aromatic N) is 1. The number of carbonyl (C=O) groups is 1. The number of ether oxygens (including phenoxy) is 1. The van der Waals surface area contributed by atoms with Gasteiger partial charge < -0.3 is 15.0 Å². The number of anilines is 1. The minimum atomic E-state index is -5.01. The zero-order valence-corrected chi connectivity index (χ0v) is 22.2. The van der Waals surface area contributed by atoms with E-state index in [2.05, 4.69) is 14.8 Å². The lowest BCUT2D eigenvalue weighted by Gasteiger charge is -2.21. The average Bonchev–Trinajstić information content (AvgIpc) is 3.22. The van der Waals surface area contributed by atoms with Gasteiger partial charge in [-0.1, -0.05) is 18.5 Å². The first kappa shape index (κ1) is 29.0. The van der Waals surface area contributed by atoms with Crippen molar-refractivity contribution in [3.05, 3.63) is 52.5 Å². The maximum absolute atomic E-state index is 12.9. The van der Waals surface area contributed by atoms with Crippen molar-refractivity contribution in [3.63, 3.8) is 0 Å². The third-order valence-corrected chi connectivity index (χ3v) is 8.32. The molecule has 1 aliphatic heterocycles. The number of rotatable bonds is 9. The van der Waals surface area contributed by atoms with Crippen LogP contribution < -0.4 is 19.7 Å². The second-order valence-electron chi connectivity index (χ2n) is 8.42. The van der Waals surface area contributed by atoms with Gasteiger partial charge in [0.1, 0.15) is 5.75 Å². The molecule has 37 heavy (non-hydrogen) atoms. The predicted octanol–water partition coefficient (Wildman–Crippen LogP) is 3.09. The van der Waals surface area contributed by atoms with Crippen LogP contribution in [0.3, 0.4) is 0 Å². The number of hydrogen-bond acceptors (Lipinski definition) is 7. The molecule has 0 unspecified atom stereocenters. The molecule has 1 fully saturated rings. The molecule has 9 nitrogen and oxygen atoms in total. The van der Waals surface area contributed by atoms with Gasteiger partial charge in [0, 0.05) is 48.0 Å². The molecule has 0 saturated carbocycles. The van der Waals surface area contributed by atoms with E-state index in [9.17, 15) is 34.8 Å². The molecule has 204 valence electrons. The zero-order valence-electron chi connectivity index (χ0n) is 19.8. The minimum absolute atomic E-state index is 0.0176. The largest absolute Gasteiger partial charge is 0.573 e. The van der Waals surface area contributed by atoms with Crippen LogP contribution in [0.4, 0.5) is 18.9 Å². The van der Waals surface area contributed by atoms with Crippen LogP contribution >= 0.6 is 11.6 Å². The topological polar surface area (TPSA) is 122 Å². The smallest absolute Gasteiger partial charge is 0.406 e. The Balaban J connectivity index is 1.87. The van der Waals surface area contributed by atoms with Crippen LogP contribution in [0.1, 0.15) is 29.3 Å². The molecule has 15 heteroatoms. The molecule has 0 aliphatic carbocycles. The SMILES string of the molecule is CCS(=O)(=O)c1ccc(Cl)cc1CNC(=O)c1cc(OC(F)(F)F)cc(N2CC[C@H](NS(C)(=O)=O)C2)c1. The van der Waals surface area contributed by atoms with Crippen LogP contribution in [0.25, 0.3) is 0 Å². The van der Waals surface area contributed by atoms with Gasteiger partial charge in [-0.05, 0) is 42.3 Å². The first-order valence-corrected chi connectivity index (χ1v) is 14.9. The Morgan fingerprint density at radius 1 is 1.16 bits per heavy atom. The standard InChI is InChI=1S/C22H25ClF3N3O6S2/c1-3-37(33,34)20-5-4-16(23)8-15(20)12-27-21(30)14-9-18(11-19(10-14)35-22(24,25)26)29-7-6-17(13-29)28-36(2,31)32/h4-5,8-11,17,28H,3,6-7,12-13H2,1-2H3,(H,27,30)/t17-/m0/s1. The molecule has 0 spiro atoms. The summed E-state index contributed by atoms with van der Waals surface area (Å²) < 4.78 is 93.2. The van der Waals surface area contributed by atoms with Crippen LogP contribution in [0, 0.1) is 0 Å². The van der Waals surface area contributed by atoms with E-state index in [4.69, 9.17) is 11.6 Å². The molecule has 0 bridgehead atoms. The third-order valence-electron chi connectivity index (χ3n) is 5.50. The highest BCUT2D eigenvalue weighted by Crippen LogP contribution is 2.31. The summed E-state index contributed by atoms with van der Waals surface area (Å²) in [5.74, 6) is -1.59. The van der Waals surface area contributed by atoms with Crippen LogP contribution in [0.5, 0.6) is 5.75 Å². The number of carbonyl (C=O) groups excluding carboxylic acids is 1. The van der Waals surface area contributed by atoms with Gasteiger partial charge in [-0.3, -0.25) is 4.79 Å². The van der Waals surface area contributed by atoms with E-state index >= 15 is 0 Å². The summed E-state index contributed by atoms with van der Waals surface area (Å²) in [5.41, 5.74) is 0.278. The Labute approximate surface area is 217 Å². The fraction of sp³-hybridized carbons (Fsp3) is 0.409. The van der Waals surface area contributed by atoms with Crippen molar-refractivity contribution in [1.82, 2.24) is 10.0 Å². The highest BCUT2D eigenvalue weighted by Gasteiger charge is 2.32. The van der Waals surface area contributed by atoms with Crippen molar-refractivity contribution in [2.24, 2.45) is 0 Å². The van der Waals surface area contributed by atoms with E-state index in [0.717, 1.165) is 18.4 Å². The van der Waals surface area contributed by atoms with Crippen molar-refractivity contribution in [2.75, 3.05) is 30.0 Å². The van der Waals surface area contributed by atoms with E-state index in [0.29, 0.717) is 13.0 Å². The van der Waals surface area contributed by atoms with Crippen molar-refractivity contribution >= 4 is 43.1 Å². The van der Waals surface area contributed by atoms with Crippen LogP contribution in [-0.2, 0) is 26.4 Å². The fourth-order valence-corrected chi connectivity index (χ4v) is 6.02. The summed E-state index contributed by atoms with van der Waals surface area (Å²) in [6.07, 6.45) is -3.60. The Morgan fingerprint density at radius 2 is 1.86 bits per heavy atom. The average molecular weight is 584 g/mol. The van der Waals surface area contributed by atoms with E-state index < -0.39 is 43.9 Å². The molecule has 0 aromatic heterocycles. The van der Waals surface area contributed by atoms with E-state index in [1.165, 1.54) is 31.2 Å². The summed E-state index contributed by atoms with van der Waals surface area (Å²) >= 11 is 5.99. The number of amides is 1. The lowest BCUT2D eigenvalue weighted by molar-refractivity contribution is -0.274. The van der Waals surface area contributed by atoms with Crippen LogP contribution in [-0.4, -0.2) is 60.2 Å². The predicted molar refractivity (Wildman–Crippen MR) is 132 cm³/mol. The van der Waals surface area contributed by atoms with E-state index in [-0.39, 0.29) is 45.6 Å². The molecular weight excluding hydrogens is 559 g/mol. The molecule has 2 N–H and O–H groups in total. The minimum Gasteiger partial charge on any atom is -0.406 e. The van der Waals surface area contributed by atoms with Gasteiger partial charge in [-0.15, -0.1) is 13.2 Å². The number of nitrogens with one attached hydrogen (secondary N) is 2. The summed E-state index contributed by atoms with van der Waals surface area (Å²) in [5, 5.41) is 2.76. The van der Waals surface area contributed by atoms with Crippen LogP contribution in [0.15, 0.2) is 41.3 Å². The molecule has 1 aliphatic rings. The van der Waals surface area contributed by atoms with E-state index in [1.54, 1.807) is 4.90 Å². The zero-order chi connectivity index (χ0) is 27.6. The van der Waals surface area contributed by atoms with E-state index in [1.807, 2.05) is 0 Å². The molecular formula is C22H25ClF3N3O6S2. The Hall–Kier alpha value is -2.55. The number of benzene rings is 2. The Kier molecular flexibility index (Phi) is 8.67. The normalized spacial score (nSPS) is 16.6. The van der Waals surface area contributed by atoms with Gasteiger partial charge in [0.2, 0.25) is 10.0 Å². The molecule has 1 atom stereocenters. The maximum Gasteiger partial charge on any atom is 0.573 e. The molecule has 0 radical (unpaired) electrons. The van der Waals surface area contributed by atoms with Gasteiger partial charge in [0.15, 0.2) is 9.84 Å². The highest BCUT2D eigenvalue weighted by molar-refractivity contribution is 7.91.